The normalized spacial score (nSPS) is 18.6. The summed E-state index contributed by atoms with van der Waals surface area (Å²) in [6.07, 6.45) is 1.23. The van der Waals surface area contributed by atoms with Crippen molar-refractivity contribution in [1.29, 1.82) is 0 Å². The molecule has 1 aromatic carbocycles. The summed E-state index contributed by atoms with van der Waals surface area (Å²) >= 11 is 0. The Morgan fingerprint density at radius 1 is 1.10 bits per heavy atom. The highest BCUT2D eigenvalue weighted by molar-refractivity contribution is 6.03. The summed E-state index contributed by atoms with van der Waals surface area (Å²) in [5, 5.41) is 12.5. The largest absolute Gasteiger partial charge is 0.497 e. The molecule has 0 spiro atoms. The summed E-state index contributed by atoms with van der Waals surface area (Å²) in [6.45, 7) is 8.36. The molecule has 4 rings (SSSR count). The van der Waals surface area contributed by atoms with E-state index in [2.05, 4.69) is 29.0 Å². The number of carbonyl (C=O) groups excluding carboxylic acids is 1. The molecular formula is C23H31N5O3. The van der Waals surface area contributed by atoms with Crippen LogP contribution in [0.25, 0.3) is 0 Å². The van der Waals surface area contributed by atoms with Crippen molar-refractivity contribution in [3.8, 4) is 5.75 Å². The van der Waals surface area contributed by atoms with Crippen molar-refractivity contribution in [2.24, 2.45) is 5.41 Å². The molecule has 0 atom stereocenters. The Morgan fingerprint density at radius 2 is 1.81 bits per heavy atom. The number of nitrogens with one attached hydrogen (secondary N) is 1. The summed E-state index contributed by atoms with van der Waals surface area (Å²) < 4.78 is 5.24. The van der Waals surface area contributed by atoms with Crippen LogP contribution in [-0.4, -0.2) is 72.2 Å². The third kappa shape index (κ3) is 4.80. The van der Waals surface area contributed by atoms with Gasteiger partial charge in [-0.3, -0.25) is 9.69 Å². The van der Waals surface area contributed by atoms with Gasteiger partial charge < -0.3 is 20.1 Å². The molecule has 0 radical (unpaired) electrons. The molecule has 1 aliphatic heterocycles. The first-order valence-corrected chi connectivity index (χ1v) is 10.8. The minimum Gasteiger partial charge on any atom is -0.497 e. The summed E-state index contributed by atoms with van der Waals surface area (Å²) in [5.41, 5.74) is 2.16. The number of aliphatic hydroxyl groups is 1. The van der Waals surface area contributed by atoms with Gasteiger partial charge >= 0.3 is 0 Å². The monoisotopic (exact) mass is 425 g/mol. The van der Waals surface area contributed by atoms with Gasteiger partial charge in [-0.2, -0.15) is 4.98 Å². The van der Waals surface area contributed by atoms with Gasteiger partial charge in [0, 0.05) is 44.8 Å². The number of ether oxygens (including phenoxy) is 1. The predicted octanol–water partition coefficient (Wildman–Crippen LogP) is 2.50. The van der Waals surface area contributed by atoms with Gasteiger partial charge in [0.2, 0.25) is 5.95 Å². The number of rotatable bonds is 6. The number of anilines is 3. The van der Waals surface area contributed by atoms with Crippen molar-refractivity contribution >= 4 is 23.2 Å². The van der Waals surface area contributed by atoms with Crippen LogP contribution in [0.3, 0.4) is 0 Å². The van der Waals surface area contributed by atoms with Crippen LogP contribution in [0.5, 0.6) is 5.75 Å². The maximum Gasteiger partial charge on any atom is 0.227 e. The SMILES string of the molecule is COc1ccc(Nc2nc(N3CCN(CCO)CC3)nc3c2C(=O)CC(C)(C)C3)cc1. The van der Waals surface area contributed by atoms with E-state index in [0.29, 0.717) is 30.3 Å². The van der Waals surface area contributed by atoms with E-state index in [0.717, 1.165) is 49.7 Å². The van der Waals surface area contributed by atoms with E-state index in [1.165, 1.54) is 0 Å². The summed E-state index contributed by atoms with van der Waals surface area (Å²) in [5.74, 6) is 2.09. The van der Waals surface area contributed by atoms with Crippen LogP contribution >= 0.6 is 0 Å². The minimum absolute atomic E-state index is 0.0848. The number of carbonyl (C=O) groups is 1. The van der Waals surface area contributed by atoms with Crippen LogP contribution in [0, 0.1) is 5.41 Å². The number of aliphatic hydroxyl groups excluding tert-OH is 1. The zero-order valence-corrected chi connectivity index (χ0v) is 18.5. The van der Waals surface area contributed by atoms with Crippen molar-refractivity contribution < 1.29 is 14.6 Å². The highest BCUT2D eigenvalue weighted by atomic mass is 16.5. The van der Waals surface area contributed by atoms with Crippen molar-refractivity contribution in [3.63, 3.8) is 0 Å². The summed E-state index contributed by atoms with van der Waals surface area (Å²) in [4.78, 5) is 27.1. The number of nitrogens with zero attached hydrogens (tertiary/aromatic N) is 4. The molecule has 1 aromatic heterocycles. The number of fused-ring (bicyclic) bond motifs is 1. The van der Waals surface area contributed by atoms with Crippen molar-refractivity contribution in [3.05, 3.63) is 35.5 Å². The molecule has 8 nitrogen and oxygen atoms in total. The predicted molar refractivity (Wildman–Crippen MR) is 120 cm³/mol. The van der Waals surface area contributed by atoms with Crippen LogP contribution in [0.2, 0.25) is 0 Å². The van der Waals surface area contributed by atoms with Crippen LogP contribution in [0.1, 0.15) is 36.3 Å². The Balaban J connectivity index is 1.67. The molecule has 1 aliphatic carbocycles. The molecule has 0 unspecified atom stereocenters. The highest BCUT2D eigenvalue weighted by Crippen LogP contribution is 2.38. The fourth-order valence-corrected chi connectivity index (χ4v) is 4.31. The lowest BCUT2D eigenvalue weighted by Gasteiger charge is -2.36. The first-order chi connectivity index (χ1) is 14.9. The lowest BCUT2D eigenvalue weighted by molar-refractivity contribution is 0.0911. The molecule has 1 fully saturated rings. The van der Waals surface area contributed by atoms with Crippen LogP contribution < -0.4 is 15.0 Å². The van der Waals surface area contributed by atoms with Gasteiger partial charge in [0.25, 0.3) is 0 Å². The van der Waals surface area contributed by atoms with E-state index >= 15 is 0 Å². The number of benzene rings is 1. The molecule has 2 aliphatic rings. The van der Waals surface area contributed by atoms with Crippen molar-refractivity contribution in [2.45, 2.75) is 26.7 Å². The quantitative estimate of drug-likeness (QED) is 0.730. The second-order valence-electron chi connectivity index (χ2n) is 9.04. The van der Waals surface area contributed by atoms with E-state index in [1.807, 2.05) is 24.3 Å². The first kappa shape index (κ1) is 21.5. The van der Waals surface area contributed by atoms with Crippen molar-refractivity contribution in [1.82, 2.24) is 14.9 Å². The van der Waals surface area contributed by atoms with Crippen LogP contribution in [-0.2, 0) is 6.42 Å². The molecule has 8 heteroatoms. The van der Waals surface area contributed by atoms with Gasteiger partial charge in [0.15, 0.2) is 5.78 Å². The summed E-state index contributed by atoms with van der Waals surface area (Å²) in [6, 6.07) is 7.58. The minimum atomic E-state index is -0.118. The van der Waals surface area contributed by atoms with E-state index in [9.17, 15) is 9.90 Å². The number of piperazine rings is 1. The maximum atomic E-state index is 13.0. The molecule has 0 saturated carbocycles. The van der Waals surface area contributed by atoms with Gasteiger partial charge in [-0.1, -0.05) is 13.8 Å². The third-order valence-electron chi connectivity index (χ3n) is 5.96. The molecule has 0 amide bonds. The van der Waals surface area contributed by atoms with Gasteiger partial charge in [-0.25, -0.2) is 4.98 Å². The molecule has 2 heterocycles. The first-order valence-electron chi connectivity index (χ1n) is 10.8. The van der Waals surface area contributed by atoms with Gasteiger partial charge in [0.1, 0.15) is 11.6 Å². The van der Waals surface area contributed by atoms with E-state index in [-0.39, 0.29) is 17.8 Å². The Kier molecular flexibility index (Phi) is 6.11. The number of methoxy groups -OCH3 is 1. The van der Waals surface area contributed by atoms with Gasteiger partial charge in [-0.05, 0) is 36.1 Å². The van der Waals surface area contributed by atoms with E-state index < -0.39 is 0 Å². The van der Waals surface area contributed by atoms with Gasteiger partial charge in [0.05, 0.1) is 25.0 Å². The Labute approximate surface area is 183 Å². The maximum absolute atomic E-state index is 13.0. The van der Waals surface area contributed by atoms with E-state index in [4.69, 9.17) is 14.7 Å². The molecule has 166 valence electrons. The Morgan fingerprint density at radius 3 is 2.45 bits per heavy atom. The van der Waals surface area contributed by atoms with E-state index in [1.54, 1.807) is 7.11 Å². The second-order valence-corrected chi connectivity index (χ2v) is 9.04. The van der Waals surface area contributed by atoms with Gasteiger partial charge in [-0.15, -0.1) is 0 Å². The lowest BCUT2D eigenvalue weighted by Crippen LogP contribution is -2.48. The topological polar surface area (TPSA) is 90.8 Å². The summed E-state index contributed by atoms with van der Waals surface area (Å²) in [7, 11) is 1.64. The molecule has 2 N–H and O–H groups in total. The van der Waals surface area contributed by atoms with Crippen LogP contribution in [0.15, 0.2) is 24.3 Å². The fourth-order valence-electron chi connectivity index (χ4n) is 4.31. The third-order valence-corrected chi connectivity index (χ3v) is 5.96. The molecule has 1 saturated heterocycles. The average Bonchev–Trinajstić information content (AvgIpc) is 2.73. The lowest BCUT2D eigenvalue weighted by atomic mass is 9.75. The molecule has 31 heavy (non-hydrogen) atoms. The number of ketones is 1. The Hall–Kier alpha value is -2.71. The standard InChI is InChI=1S/C23H31N5O3/c1-23(2)14-18-20(19(30)15-23)21(24-16-4-6-17(31-3)7-5-16)26-22(25-18)28-10-8-27(9-11-28)12-13-29/h4-7,29H,8-15H2,1-3H3,(H,24,25,26). The Bertz CT molecular complexity index is 937. The van der Waals surface area contributed by atoms with Crippen molar-refractivity contribution in [2.75, 3.05) is 56.7 Å². The number of β-amino-alcohol motifs (C(OH)–C–C–N with tert-alkyl or cyclic N) is 1. The highest BCUT2D eigenvalue weighted by Gasteiger charge is 2.35. The molecule has 0 bridgehead atoms. The zero-order valence-electron chi connectivity index (χ0n) is 18.5. The average molecular weight is 426 g/mol. The fraction of sp³-hybridized carbons (Fsp3) is 0.522. The zero-order chi connectivity index (χ0) is 22.0. The molecule has 2 aromatic rings. The van der Waals surface area contributed by atoms with Crippen LogP contribution in [0.4, 0.5) is 17.5 Å². The second kappa shape index (κ2) is 8.80. The number of hydrogen-bond donors (Lipinski definition) is 2. The molecular weight excluding hydrogens is 394 g/mol. The smallest absolute Gasteiger partial charge is 0.227 e. The number of Topliss-reactive ketones (excluding diaryl/α,β-unsaturated/α-hetero) is 1. The number of aromatic nitrogens is 2. The number of hydrogen-bond acceptors (Lipinski definition) is 8.